The Morgan fingerprint density at radius 1 is 1.50 bits per heavy atom. The normalized spacial score (nSPS) is 10.4. The topological polar surface area (TPSA) is 50.2 Å². The van der Waals surface area contributed by atoms with Crippen molar-refractivity contribution >= 4 is 28.6 Å². The highest BCUT2D eigenvalue weighted by Crippen LogP contribution is 2.33. The summed E-state index contributed by atoms with van der Waals surface area (Å²) in [5, 5.41) is 8.87. The van der Waals surface area contributed by atoms with Gasteiger partial charge in [0.1, 0.15) is 0 Å². The SMILES string of the molecule is Cc1ccc(-c2scnc2C(=O)O)s1. The number of aromatic carboxylic acids is 1. The Hall–Kier alpha value is -1.20. The molecule has 2 heterocycles. The summed E-state index contributed by atoms with van der Waals surface area (Å²) < 4.78 is 0. The average Bonchev–Trinajstić information content (AvgIpc) is 2.70. The van der Waals surface area contributed by atoms with Crippen molar-refractivity contribution in [2.75, 3.05) is 0 Å². The molecule has 0 aromatic carbocycles. The molecule has 0 fully saturated rings. The van der Waals surface area contributed by atoms with Crippen molar-refractivity contribution in [2.45, 2.75) is 6.92 Å². The number of carboxylic acids is 1. The lowest BCUT2D eigenvalue weighted by molar-refractivity contribution is 0.0692. The smallest absolute Gasteiger partial charge is 0.356 e. The summed E-state index contributed by atoms with van der Waals surface area (Å²) in [6.07, 6.45) is 0. The Kier molecular flexibility index (Phi) is 2.35. The predicted molar refractivity (Wildman–Crippen MR) is 57.1 cm³/mol. The fourth-order valence-corrected chi connectivity index (χ4v) is 2.91. The molecule has 0 aliphatic carbocycles. The molecule has 0 aliphatic rings. The molecule has 0 aliphatic heterocycles. The van der Waals surface area contributed by atoms with Crippen molar-refractivity contribution in [3.63, 3.8) is 0 Å². The maximum atomic E-state index is 10.8. The van der Waals surface area contributed by atoms with E-state index >= 15 is 0 Å². The lowest BCUT2D eigenvalue weighted by atomic mass is 10.3. The maximum absolute atomic E-state index is 10.8. The number of carboxylic acid groups (broad SMARTS) is 1. The van der Waals surface area contributed by atoms with Crippen LogP contribution in [0.1, 0.15) is 15.4 Å². The van der Waals surface area contributed by atoms with E-state index in [9.17, 15) is 4.79 Å². The summed E-state index contributed by atoms with van der Waals surface area (Å²) in [4.78, 5) is 17.5. The Bertz CT molecular complexity index is 473. The molecule has 0 atom stereocenters. The number of hydrogen-bond donors (Lipinski definition) is 1. The second kappa shape index (κ2) is 3.51. The second-order valence-corrected chi connectivity index (χ2v) is 4.89. The van der Waals surface area contributed by atoms with Gasteiger partial charge in [0.2, 0.25) is 0 Å². The highest BCUT2D eigenvalue weighted by molar-refractivity contribution is 7.21. The predicted octanol–water partition coefficient (Wildman–Crippen LogP) is 2.88. The van der Waals surface area contributed by atoms with Gasteiger partial charge >= 0.3 is 5.97 Å². The minimum atomic E-state index is -0.965. The molecule has 0 saturated heterocycles. The van der Waals surface area contributed by atoms with Crippen molar-refractivity contribution < 1.29 is 9.90 Å². The van der Waals surface area contributed by atoms with E-state index in [4.69, 9.17) is 5.11 Å². The molecule has 1 N–H and O–H groups in total. The van der Waals surface area contributed by atoms with E-state index in [1.54, 1.807) is 16.8 Å². The van der Waals surface area contributed by atoms with Crippen LogP contribution in [0.15, 0.2) is 17.6 Å². The first kappa shape index (κ1) is 9.36. The first-order valence-corrected chi connectivity index (χ1v) is 5.61. The molecular weight excluding hydrogens is 218 g/mol. The maximum Gasteiger partial charge on any atom is 0.356 e. The van der Waals surface area contributed by atoms with Crippen LogP contribution in [0.5, 0.6) is 0 Å². The average molecular weight is 225 g/mol. The summed E-state index contributed by atoms with van der Waals surface area (Å²) in [6, 6.07) is 3.91. The number of aryl methyl sites for hydroxylation is 1. The third-order valence-electron chi connectivity index (χ3n) is 1.73. The van der Waals surface area contributed by atoms with Crippen LogP contribution in [-0.2, 0) is 0 Å². The van der Waals surface area contributed by atoms with Gasteiger partial charge < -0.3 is 5.11 Å². The molecule has 14 heavy (non-hydrogen) atoms. The van der Waals surface area contributed by atoms with Gasteiger partial charge in [-0.25, -0.2) is 9.78 Å². The monoisotopic (exact) mass is 225 g/mol. The third-order valence-corrected chi connectivity index (χ3v) is 3.74. The van der Waals surface area contributed by atoms with Crippen LogP contribution in [0.4, 0.5) is 0 Å². The van der Waals surface area contributed by atoms with E-state index in [2.05, 4.69) is 4.98 Å². The number of thiophene rings is 1. The summed E-state index contributed by atoms with van der Waals surface area (Å²) in [7, 11) is 0. The molecule has 0 radical (unpaired) electrons. The summed E-state index contributed by atoms with van der Waals surface area (Å²) in [6.45, 7) is 2.00. The van der Waals surface area contributed by atoms with E-state index in [1.165, 1.54) is 16.2 Å². The number of aromatic nitrogens is 1. The Balaban J connectivity index is 2.51. The van der Waals surface area contributed by atoms with Crippen molar-refractivity contribution in [1.29, 1.82) is 0 Å². The van der Waals surface area contributed by atoms with Gasteiger partial charge in [0.25, 0.3) is 0 Å². The molecule has 72 valence electrons. The van der Waals surface area contributed by atoms with Crippen molar-refractivity contribution in [1.82, 2.24) is 4.98 Å². The molecular formula is C9H7NO2S2. The fraction of sp³-hybridized carbons (Fsp3) is 0.111. The van der Waals surface area contributed by atoms with E-state index in [0.29, 0.717) is 0 Å². The van der Waals surface area contributed by atoms with Gasteiger partial charge in [-0.05, 0) is 19.1 Å². The molecule has 0 unspecified atom stereocenters. The quantitative estimate of drug-likeness (QED) is 0.855. The standard InChI is InChI=1S/C9H7NO2S2/c1-5-2-3-6(14-5)8-7(9(11)12)10-4-13-8/h2-4H,1H3,(H,11,12). The van der Waals surface area contributed by atoms with Crippen LogP contribution in [0, 0.1) is 6.92 Å². The lowest BCUT2D eigenvalue weighted by Crippen LogP contribution is -1.97. The molecule has 2 aromatic rings. The van der Waals surface area contributed by atoms with Crippen molar-refractivity contribution in [3.8, 4) is 9.75 Å². The van der Waals surface area contributed by atoms with Crippen LogP contribution in [-0.4, -0.2) is 16.1 Å². The summed E-state index contributed by atoms with van der Waals surface area (Å²) in [5.74, 6) is -0.965. The van der Waals surface area contributed by atoms with Gasteiger partial charge in [-0.1, -0.05) is 0 Å². The fourth-order valence-electron chi connectivity index (χ4n) is 1.13. The number of hydrogen-bond acceptors (Lipinski definition) is 4. The summed E-state index contributed by atoms with van der Waals surface area (Å²) >= 11 is 2.95. The van der Waals surface area contributed by atoms with E-state index in [-0.39, 0.29) is 5.69 Å². The van der Waals surface area contributed by atoms with E-state index in [0.717, 1.165) is 9.75 Å². The number of carbonyl (C=O) groups is 1. The zero-order valence-corrected chi connectivity index (χ0v) is 8.98. The Labute approximate surface area is 88.7 Å². The van der Waals surface area contributed by atoms with Crippen LogP contribution < -0.4 is 0 Å². The number of thiazole rings is 1. The highest BCUT2D eigenvalue weighted by atomic mass is 32.1. The first-order chi connectivity index (χ1) is 6.68. The van der Waals surface area contributed by atoms with Gasteiger partial charge in [0.05, 0.1) is 10.4 Å². The minimum absolute atomic E-state index is 0.150. The highest BCUT2D eigenvalue weighted by Gasteiger charge is 2.15. The lowest BCUT2D eigenvalue weighted by Gasteiger charge is -1.92. The van der Waals surface area contributed by atoms with Crippen LogP contribution in [0.3, 0.4) is 0 Å². The van der Waals surface area contributed by atoms with Crippen LogP contribution in [0.25, 0.3) is 9.75 Å². The zero-order chi connectivity index (χ0) is 10.1. The van der Waals surface area contributed by atoms with Gasteiger partial charge in [-0.2, -0.15) is 0 Å². The zero-order valence-electron chi connectivity index (χ0n) is 7.35. The van der Waals surface area contributed by atoms with Crippen LogP contribution >= 0.6 is 22.7 Å². The molecule has 3 nitrogen and oxygen atoms in total. The molecule has 2 rings (SSSR count). The Morgan fingerprint density at radius 2 is 2.29 bits per heavy atom. The molecule has 0 saturated carbocycles. The number of nitrogens with zero attached hydrogens (tertiary/aromatic N) is 1. The van der Waals surface area contributed by atoms with Gasteiger partial charge in [-0.15, -0.1) is 22.7 Å². The largest absolute Gasteiger partial charge is 0.476 e. The van der Waals surface area contributed by atoms with E-state index in [1.807, 2.05) is 19.1 Å². The van der Waals surface area contributed by atoms with Gasteiger partial charge in [0, 0.05) is 9.75 Å². The molecule has 2 aromatic heterocycles. The van der Waals surface area contributed by atoms with Crippen molar-refractivity contribution in [3.05, 3.63) is 28.2 Å². The first-order valence-electron chi connectivity index (χ1n) is 3.92. The number of rotatable bonds is 2. The van der Waals surface area contributed by atoms with Crippen LogP contribution in [0.2, 0.25) is 0 Å². The van der Waals surface area contributed by atoms with E-state index < -0.39 is 5.97 Å². The molecule has 0 spiro atoms. The van der Waals surface area contributed by atoms with Gasteiger partial charge in [-0.3, -0.25) is 0 Å². The molecule has 0 amide bonds. The second-order valence-electron chi connectivity index (χ2n) is 2.75. The summed E-state index contributed by atoms with van der Waals surface area (Å²) in [5.41, 5.74) is 1.71. The third kappa shape index (κ3) is 1.56. The molecule has 5 heteroatoms. The Morgan fingerprint density at radius 3 is 2.86 bits per heavy atom. The van der Waals surface area contributed by atoms with Crippen molar-refractivity contribution in [2.24, 2.45) is 0 Å². The minimum Gasteiger partial charge on any atom is -0.476 e. The molecule has 0 bridgehead atoms. The van der Waals surface area contributed by atoms with Gasteiger partial charge in [0.15, 0.2) is 5.69 Å².